The van der Waals surface area contributed by atoms with Gasteiger partial charge in [0.15, 0.2) is 0 Å². The minimum absolute atomic E-state index is 0. The number of unbranched alkanes of at least 4 members (excludes halogenated alkanes) is 2. The molecule has 0 saturated carbocycles. The summed E-state index contributed by atoms with van der Waals surface area (Å²) in [5.74, 6) is -0.184. The van der Waals surface area contributed by atoms with Crippen molar-refractivity contribution >= 4 is 17.9 Å². The van der Waals surface area contributed by atoms with E-state index in [1.165, 1.54) is 52.6 Å². The zero-order valence-electron chi connectivity index (χ0n) is 40.4. The maximum absolute atomic E-state index is 11.9. The fourth-order valence-corrected chi connectivity index (χ4v) is 5.73. The fourth-order valence-electron chi connectivity index (χ4n) is 5.73. The number of carbonyl (C=O) groups excluding carboxylic acids is 2. The molecule has 0 fully saturated rings. The molecule has 2 radical (unpaired) electrons. The molecule has 0 aliphatic heterocycles. The van der Waals surface area contributed by atoms with Gasteiger partial charge in [-0.3, -0.25) is 0 Å². The zero-order valence-corrected chi connectivity index (χ0v) is 46.1. The van der Waals surface area contributed by atoms with E-state index in [2.05, 4.69) is 151 Å². The Bertz CT molecular complexity index is 1460. The smallest absolute Gasteiger partial charge is 0.0273 e. The van der Waals surface area contributed by atoms with Crippen LogP contribution in [0.15, 0.2) is 80.4 Å². The van der Waals surface area contributed by atoms with Crippen LogP contribution < -0.4 is 5.73 Å². The van der Waals surface area contributed by atoms with Gasteiger partial charge in [0.1, 0.15) is 0 Å². The second-order valence-electron chi connectivity index (χ2n) is 14.6. The molecule has 9 heteroatoms. The van der Waals surface area contributed by atoms with E-state index in [1.807, 2.05) is 39.0 Å². The Morgan fingerprint density at radius 3 is 1.50 bits per heavy atom. The predicted octanol–water partition coefficient (Wildman–Crippen LogP) is 11.6. The number of nitrogens with zero attached hydrogens (tertiary/aromatic N) is 4. The summed E-state index contributed by atoms with van der Waals surface area (Å²) < 4.78 is 0. The van der Waals surface area contributed by atoms with E-state index < -0.39 is 10.8 Å². The number of fused-ring (bicyclic) bond motifs is 2. The van der Waals surface area contributed by atoms with Crippen LogP contribution in [-0.2, 0) is 101 Å². The first kappa shape index (κ1) is 67.5. The number of likely N-dealkylation sites (N-methyl/N-ethyl adjacent to an activating group) is 2. The number of carbonyl (C=O) groups is 2. The van der Waals surface area contributed by atoms with E-state index in [0.29, 0.717) is 12.8 Å². The Hall–Kier alpha value is -1.57. The van der Waals surface area contributed by atoms with Gasteiger partial charge in [0.2, 0.25) is 0 Å². The molecule has 2 aliphatic rings. The average molecular weight is 978 g/mol. The molecule has 0 heterocycles. The molecule has 2 aromatic rings. The molecule has 336 valence electrons. The minimum atomic E-state index is -0.595. The SMILES string of the molecule is C=CCC.C=CCCCC.C=CCN(C)CC.CC.CCN.[CH2-]C1(C(=O)[N-]C)Cc2ccc(/C=C/CN(C)CC)cc2C1.[CH2-]C1(C(=O)[N-]C)Cc2ccc(C)cc2C1.[Y].[Y]. The molecule has 2 unspecified atom stereocenters. The van der Waals surface area contributed by atoms with Gasteiger partial charge in [-0.25, -0.2) is 0 Å². The Labute approximate surface area is 421 Å². The zero-order chi connectivity index (χ0) is 45.2. The average Bonchev–Trinajstić information content (AvgIpc) is 3.77. The van der Waals surface area contributed by atoms with Crippen LogP contribution in [0.1, 0.15) is 108 Å². The standard InChI is InChI=1S/C18H25N2O.C13H16NO.C6H13N.C6H12.C4H8.C2H7N.C2H6.2Y/c1-5-20(4)10-6-7-14-8-9-15-12-18(2,17(21)19-3)13-16(15)11-14;1-9-4-5-10-7-13(2,12(15)14-3)8-11(10)6-9;1-4-6-7(3)5-2;1-3-5-6-4-2;1-3-4-2;1-2-3;1-2;;/h6-9,11H,2,5,10,12-13H2,1,3-4H3,(H,19,21);4-6H,2,7-8H2,1,3H3,(H,14,15);4H,1,5-6H2,2-3H3;3H,1,4-6H2,2H3;3H,1,4H2,2H3;2-3H2,1H3;1-2H3;;/q2*-1;;;;;;;/p-2/b7-6+;;;;;;;;. The quantitative estimate of drug-likeness (QED) is 0.123. The second-order valence-corrected chi connectivity index (χ2v) is 14.6. The third-order valence-corrected chi connectivity index (χ3v) is 9.32. The molecule has 4 rings (SSSR count). The molecule has 2 aliphatic carbocycles. The molecular formula is C51H85N5O2Y2-4. The van der Waals surface area contributed by atoms with Gasteiger partial charge in [0.05, 0.1) is 0 Å². The summed E-state index contributed by atoms with van der Waals surface area (Å²) in [6.07, 6.45) is 17.7. The van der Waals surface area contributed by atoms with E-state index in [9.17, 15) is 9.59 Å². The summed E-state index contributed by atoms with van der Waals surface area (Å²) in [7, 11) is 7.27. The first-order valence-corrected chi connectivity index (χ1v) is 21.3. The summed E-state index contributed by atoms with van der Waals surface area (Å²) in [5.41, 5.74) is 11.1. The molecule has 7 nitrogen and oxygen atoms in total. The Balaban J connectivity index is -0.000000226. The van der Waals surface area contributed by atoms with Gasteiger partial charge in [0, 0.05) is 90.3 Å². The predicted molar refractivity (Wildman–Crippen MR) is 258 cm³/mol. The summed E-state index contributed by atoms with van der Waals surface area (Å²) in [4.78, 5) is 28.0. The van der Waals surface area contributed by atoms with Crippen molar-refractivity contribution in [3.63, 3.8) is 0 Å². The van der Waals surface area contributed by atoms with Gasteiger partial charge in [-0.1, -0.05) is 134 Å². The second kappa shape index (κ2) is 41.4. The van der Waals surface area contributed by atoms with Gasteiger partial charge >= 0.3 is 0 Å². The van der Waals surface area contributed by atoms with Gasteiger partial charge in [-0.05, 0) is 107 Å². The van der Waals surface area contributed by atoms with Crippen LogP contribution in [0.5, 0.6) is 0 Å². The third-order valence-electron chi connectivity index (χ3n) is 9.32. The van der Waals surface area contributed by atoms with Crippen molar-refractivity contribution in [2.24, 2.45) is 16.6 Å². The van der Waals surface area contributed by atoms with Crippen LogP contribution in [0, 0.1) is 31.6 Å². The summed E-state index contributed by atoms with van der Waals surface area (Å²) >= 11 is 0. The Morgan fingerprint density at radius 2 is 1.15 bits per heavy atom. The van der Waals surface area contributed by atoms with Crippen LogP contribution in [0.25, 0.3) is 16.7 Å². The van der Waals surface area contributed by atoms with Crippen molar-refractivity contribution in [3.05, 3.63) is 138 Å². The van der Waals surface area contributed by atoms with E-state index in [0.717, 1.165) is 52.0 Å². The van der Waals surface area contributed by atoms with E-state index >= 15 is 0 Å². The third kappa shape index (κ3) is 28.9. The summed E-state index contributed by atoms with van der Waals surface area (Å²) in [6, 6.07) is 12.7. The van der Waals surface area contributed by atoms with E-state index in [-0.39, 0.29) is 77.2 Å². The van der Waals surface area contributed by atoms with Gasteiger partial charge in [-0.2, -0.15) is 0 Å². The largest absolute Gasteiger partial charge is 0.658 e. The van der Waals surface area contributed by atoms with E-state index in [4.69, 9.17) is 5.73 Å². The monoisotopic (exact) mass is 977 g/mol. The number of benzene rings is 2. The molecule has 2 N–H and O–H groups in total. The van der Waals surface area contributed by atoms with Crippen LogP contribution in [0.2, 0.25) is 0 Å². The molecule has 0 bridgehead atoms. The van der Waals surface area contributed by atoms with Gasteiger partial charge in [0.25, 0.3) is 0 Å². The van der Waals surface area contributed by atoms with E-state index in [1.54, 1.807) is 14.1 Å². The fraction of sp³-hybridized carbons (Fsp3) is 0.529. The molecule has 2 aromatic carbocycles. The Kier molecular flexibility index (Phi) is 46.6. The normalized spacial score (nSPS) is 16.0. The Morgan fingerprint density at radius 1 is 0.733 bits per heavy atom. The summed E-state index contributed by atoms with van der Waals surface area (Å²) in [5, 5.41) is 7.55. The van der Waals surface area contributed by atoms with Crippen LogP contribution in [-0.4, -0.2) is 82.5 Å². The molecular weight excluding hydrogens is 892 g/mol. The number of amides is 2. The number of hydrogen-bond acceptors (Lipinski definition) is 5. The maximum Gasteiger partial charge on any atom is 0.0273 e. The van der Waals surface area contributed by atoms with Crippen LogP contribution in [0.4, 0.5) is 0 Å². The molecule has 2 atom stereocenters. The topological polar surface area (TPSA) is 94.8 Å². The molecule has 2 amide bonds. The number of rotatable bonds is 13. The number of aryl methyl sites for hydroxylation is 1. The first-order valence-electron chi connectivity index (χ1n) is 21.3. The number of hydrogen-bond donors (Lipinski definition) is 1. The van der Waals surface area contributed by atoms with Gasteiger partial charge < -0.3 is 49.6 Å². The van der Waals surface area contributed by atoms with Gasteiger partial charge in [-0.15, -0.1) is 44.7 Å². The molecule has 0 saturated heterocycles. The van der Waals surface area contributed by atoms with Crippen LogP contribution >= 0.6 is 0 Å². The first-order chi connectivity index (χ1) is 27.6. The number of allylic oxidation sites excluding steroid dienone is 2. The molecule has 0 spiro atoms. The van der Waals surface area contributed by atoms with Crippen molar-refractivity contribution < 1.29 is 75.0 Å². The number of nitrogens with two attached hydrogens (primary N) is 1. The van der Waals surface area contributed by atoms with Crippen molar-refractivity contribution in [1.29, 1.82) is 0 Å². The molecule has 60 heavy (non-hydrogen) atoms. The van der Waals surface area contributed by atoms with Crippen molar-refractivity contribution in [2.75, 3.05) is 60.9 Å². The minimum Gasteiger partial charge on any atom is -0.658 e. The maximum atomic E-state index is 11.9. The van der Waals surface area contributed by atoms with Crippen molar-refractivity contribution in [3.8, 4) is 0 Å². The molecule has 0 aromatic heterocycles. The summed E-state index contributed by atoms with van der Waals surface area (Å²) in [6.45, 7) is 40.2. The van der Waals surface area contributed by atoms with Crippen molar-refractivity contribution in [2.45, 2.75) is 107 Å². The van der Waals surface area contributed by atoms with Crippen molar-refractivity contribution in [1.82, 2.24) is 9.80 Å². The van der Waals surface area contributed by atoms with Crippen LogP contribution in [0.3, 0.4) is 0 Å².